The predicted molar refractivity (Wildman–Crippen MR) is 88.6 cm³/mol. The molecule has 0 radical (unpaired) electrons. The van der Waals surface area contributed by atoms with Crippen LogP contribution in [0, 0.1) is 6.92 Å². The van der Waals surface area contributed by atoms with Gasteiger partial charge in [-0.3, -0.25) is 9.69 Å². The summed E-state index contributed by atoms with van der Waals surface area (Å²) in [5.74, 6) is 1.50. The average Bonchev–Trinajstić information content (AvgIpc) is 2.54. The van der Waals surface area contributed by atoms with Crippen molar-refractivity contribution in [1.29, 1.82) is 0 Å². The normalized spacial score (nSPS) is 14.3. The molecule has 0 amide bonds. The largest absolute Gasteiger partial charge is 0.504 e. The number of hydrogen-bond donors (Lipinski definition) is 2. The molecule has 0 unspecified atom stereocenters. The van der Waals surface area contributed by atoms with Crippen LogP contribution in [0.5, 0.6) is 17.2 Å². The highest BCUT2D eigenvalue weighted by atomic mass is 16.5. The van der Waals surface area contributed by atoms with Gasteiger partial charge in [0.15, 0.2) is 11.5 Å². The Hall–Kier alpha value is -2.54. The van der Waals surface area contributed by atoms with Crippen molar-refractivity contribution in [3.05, 3.63) is 45.1 Å². The highest BCUT2D eigenvalue weighted by molar-refractivity contribution is 5.53. The summed E-state index contributed by atoms with van der Waals surface area (Å²) in [5, 5.41) is 10.1. The van der Waals surface area contributed by atoms with Gasteiger partial charge in [-0.25, -0.2) is 4.98 Å². The molecule has 7 nitrogen and oxygen atoms in total. The number of ether oxygens (including phenoxy) is 2. The Balaban J connectivity index is 1.83. The number of fused-ring (bicyclic) bond motifs is 1. The Morgan fingerprint density at radius 2 is 2.12 bits per heavy atom. The standard InChI is InChI=1S/C17H21N3O4/c1-10-18-13-4-5-20(9-12(13)17(22)19-10)8-11-6-14(21)16(24-3)15(7-11)23-2/h6-7,21H,4-5,8-9H2,1-3H3,(H,18,19,22). The molecule has 1 aliphatic heterocycles. The van der Waals surface area contributed by atoms with Crippen molar-refractivity contribution in [1.82, 2.24) is 14.9 Å². The summed E-state index contributed by atoms with van der Waals surface area (Å²) in [6.45, 7) is 3.73. The van der Waals surface area contributed by atoms with E-state index in [2.05, 4.69) is 14.9 Å². The predicted octanol–water partition coefficient (Wildman–Crippen LogP) is 1.36. The van der Waals surface area contributed by atoms with Crippen molar-refractivity contribution >= 4 is 0 Å². The molecule has 0 saturated carbocycles. The molecule has 24 heavy (non-hydrogen) atoms. The Morgan fingerprint density at radius 3 is 2.83 bits per heavy atom. The summed E-state index contributed by atoms with van der Waals surface area (Å²) in [6, 6.07) is 3.50. The van der Waals surface area contributed by atoms with E-state index < -0.39 is 0 Å². The van der Waals surface area contributed by atoms with Crippen molar-refractivity contribution in [3.63, 3.8) is 0 Å². The van der Waals surface area contributed by atoms with Gasteiger partial charge in [-0.05, 0) is 24.6 Å². The maximum Gasteiger partial charge on any atom is 0.255 e. The second kappa shape index (κ2) is 6.52. The van der Waals surface area contributed by atoms with Crippen molar-refractivity contribution in [2.75, 3.05) is 20.8 Å². The molecule has 128 valence electrons. The molecule has 0 bridgehead atoms. The molecule has 1 aromatic carbocycles. The Kier molecular flexibility index (Phi) is 4.44. The van der Waals surface area contributed by atoms with Gasteiger partial charge in [0.1, 0.15) is 5.82 Å². The van der Waals surface area contributed by atoms with Crippen molar-refractivity contribution in [2.45, 2.75) is 26.4 Å². The smallest absolute Gasteiger partial charge is 0.255 e. The Bertz CT molecular complexity index is 816. The van der Waals surface area contributed by atoms with Gasteiger partial charge in [0.25, 0.3) is 5.56 Å². The third-order valence-corrected chi connectivity index (χ3v) is 4.19. The molecule has 2 heterocycles. The minimum Gasteiger partial charge on any atom is -0.504 e. The fourth-order valence-corrected chi connectivity index (χ4v) is 3.09. The van der Waals surface area contributed by atoms with E-state index in [0.717, 1.165) is 29.8 Å². The van der Waals surface area contributed by atoms with Crippen LogP contribution < -0.4 is 15.0 Å². The number of benzene rings is 1. The summed E-state index contributed by atoms with van der Waals surface area (Å²) in [4.78, 5) is 21.4. The molecule has 0 spiro atoms. The summed E-state index contributed by atoms with van der Waals surface area (Å²) in [7, 11) is 3.02. The fraction of sp³-hybridized carbons (Fsp3) is 0.412. The lowest BCUT2D eigenvalue weighted by Gasteiger charge is -2.27. The molecule has 2 aromatic rings. The van der Waals surface area contributed by atoms with Crippen LogP contribution in [-0.4, -0.2) is 40.7 Å². The van der Waals surface area contributed by atoms with Crippen LogP contribution in [0.2, 0.25) is 0 Å². The highest BCUT2D eigenvalue weighted by Crippen LogP contribution is 2.37. The first-order valence-corrected chi connectivity index (χ1v) is 7.76. The van der Waals surface area contributed by atoms with Crippen LogP contribution in [0.15, 0.2) is 16.9 Å². The van der Waals surface area contributed by atoms with E-state index in [1.807, 2.05) is 6.07 Å². The number of rotatable bonds is 4. The second-order valence-corrected chi connectivity index (χ2v) is 5.89. The van der Waals surface area contributed by atoms with Crippen molar-refractivity contribution < 1.29 is 14.6 Å². The topological polar surface area (TPSA) is 87.7 Å². The molecule has 0 aliphatic carbocycles. The van der Waals surface area contributed by atoms with Crippen LogP contribution in [0.1, 0.15) is 22.6 Å². The van der Waals surface area contributed by atoms with Crippen LogP contribution in [0.3, 0.4) is 0 Å². The maximum absolute atomic E-state index is 12.1. The molecule has 0 saturated heterocycles. The molecule has 2 N–H and O–H groups in total. The Morgan fingerprint density at radius 1 is 1.33 bits per heavy atom. The summed E-state index contributed by atoms with van der Waals surface area (Å²) < 4.78 is 10.4. The van der Waals surface area contributed by atoms with E-state index in [4.69, 9.17) is 9.47 Å². The second-order valence-electron chi connectivity index (χ2n) is 5.89. The van der Waals surface area contributed by atoms with Gasteiger partial charge in [0.2, 0.25) is 5.75 Å². The number of nitrogens with zero attached hydrogens (tertiary/aromatic N) is 2. The molecular weight excluding hydrogens is 310 g/mol. The Labute approximate surface area is 139 Å². The molecule has 0 atom stereocenters. The lowest BCUT2D eigenvalue weighted by Crippen LogP contribution is -2.35. The molecule has 1 aliphatic rings. The maximum atomic E-state index is 12.1. The number of methoxy groups -OCH3 is 2. The van der Waals surface area contributed by atoms with Crippen LogP contribution >= 0.6 is 0 Å². The minimum atomic E-state index is -0.0719. The molecule has 0 fully saturated rings. The van der Waals surface area contributed by atoms with Gasteiger partial charge in [0.05, 0.1) is 25.5 Å². The first-order chi connectivity index (χ1) is 11.5. The first kappa shape index (κ1) is 16.3. The summed E-state index contributed by atoms with van der Waals surface area (Å²) in [5.41, 5.74) is 2.42. The van der Waals surface area contributed by atoms with Gasteiger partial charge in [0, 0.05) is 26.1 Å². The van der Waals surface area contributed by atoms with Gasteiger partial charge in [-0.15, -0.1) is 0 Å². The number of aryl methyl sites for hydroxylation is 1. The third kappa shape index (κ3) is 3.07. The number of H-pyrrole nitrogens is 1. The zero-order valence-electron chi connectivity index (χ0n) is 14.0. The SMILES string of the molecule is COc1cc(CN2CCc3nc(C)[nH]c(=O)c3C2)cc(O)c1OC. The van der Waals surface area contributed by atoms with Crippen LogP contribution in [-0.2, 0) is 19.5 Å². The van der Waals surface area contributed by atoms with E-state index in [-0.39, 0.29) is 11.3 Å². The molecule has 3 rings (SSSR count). The number of aromatic hydroxyl groups is 1. The van der Waals surface area contributed by atoms with Gasteiger partial charge < -0.3 is 19.6 Å². The van der Waals surface area contributed by atoms with E-state index in [1.165, 1.54) is 14.2 Å². The number of hydrogen-bond acceptors (Lipinski definition) is 6. The lowest BCUT2D eigenvalue weighted by atomic mass is 10.1. The van der Waals surface area contributed by atoms with E-state index in [9.17, 15) is 9.90 Å². The molecule has 1 aromatic heterocycles. The number of aromatic nitrogens is 2. The van der Waals surface area contributed by atoms with Crippen molar-refractivity contribution in [2.24, 2.45) is 0 Å². The van der Waals surface area contributed by atoms with E-state index >= 15 is 0 Å². The van der Waals surface area contributed by atoms with Gasteiger partial charge in [-0.2, -0.15) is 0 Å². The monoisotopic (exact) mass is 331 g/mol. The van der Waals surface area contributed by atoms with Crippen LogP contribution in [0.4, 0.5) is 0 Å². The molecule has 7 heteroatoms. The highest BCUT2D eigenvalue weighted by Gasteiger charge is 2.21. The summed E-state index contributed by atoms with van der Waals surface area (Å²) >= 11 is 0. The zero-order valence-corrected chi connectivity index (χ0v) is 14.0. The van der Waals surface area contributed by atoms with Gasteiger partial charge >= 0.3 is 0 Å². The molecular formula is C17H21N3O4. The number of phenols is 1. The lowest BCUT2D eigenvalue weighted by molar-refractivity contribution is 0.240. The minimum absolute atomic E-state index is 0.0411. The third-order valence-electron chi connectivity index (χ3n) is 4.19. The first-order valence-electron chi connectivity index (χ1n) is 7.76. The van der Waals surface area contributed by atoms with E-state index in [1.54, 1.807) is 13.0 Å². The summed E-state index contributed by atoms with van der Waals surface area (Å²) in [6.07, 6.45) is 0.735. The van der Waals surface area contributed by atoms with E-state index in [0.29, 0.717) is 30.4 Å². The zero-order chi connectivity index (χ0) is 17.3. The number of phenolic OH excluding ortho intramolecular Hbond substituents is 1. The quantitative estimate of drug-likeness (QED) is 0.879. The van der Waals surface area contributed by atoms with Gasteiger partial charge in [-0.1, -0.05) is 0 Å². The van der Waals surface area contributed by atoms with Crippen molar-refractivity contribution in [3.8, 4) is 17.2 Å². The number of nitrogens with one attached hydrogen (secondary N) is 1. The fourth-order valence-electron chi connectivity index (χ4n) is 3.09. The number of aromatic amines is 1. The average molecular weight is 331 g/mol. The van der Waals surface area contributed by atoms with Crippen LogP contribution in [0.25, 0.3) is 0 Å².